The van der Waals surface area contributed by atoms with Gasteiger partial charge in [0.1, 0.15) is 0 Å². The molecule has 3 nitrogen and oxygen atoms in total. The molecule has 0 aliphatic carbocycles. The van der Waals surface area contributed by atoms with Crippen molar-refractivity contribution in [3.8, 4) is 0 Å². The smallest absolute Gasteiger partial charge is 0.290 e. The lowest BCUT2D eigenvalue weighted by Gasteiger charge is -2.08. The van der Waals surface area contributed by atoms with Gasteiger partial charge in [0.05, 0.1) is 6.26 Å². The molecule has 0 saturated heterocycles. The zero-order valence-corrected chi connectivity index (χ0v) is 11.8. The Bertz CT molecular complexity index is 596. The minimum absolute atomic E-state index is 0.250. The maximum absolute atomic E-state index is 8.83. The van der Waals surface area contributed by atoms with E-state index in [1.54, 1.807) is 6.08 Å². The summed E-state index contributed by atoms with van der Waals surface area (Å²) in [5, 5.41) is 15.7. The number of benzene rings is 2. The molecule has 0 spiro atoms. The topological polar surface area (TPSA) is 57.5 Å². The van der Waals surface area contributed by atoms with Crippen molar-refractivity contribution in [3.05, 3.63) is 89.7 Å². The molecule has 21 heavy (non-hydrogen) atoms. The standard InChI is InChI=1S/C17H16O.CH2O2/c1-14-9-11-16(12-10-14)17(8-5-13-18)15-6-3-2-4-7-15;2-1-3/h2-13,18H,1H3;1H,(H,2,3). The van der Waals surface area contributed by atoms with Crippen LogP contribution in [0.4, 0.5) is 0 Å². The highest BCUT2D eigenvalue weighted by Crippen LogP contribution is 2.23. The molecule has 0 saturated carbocycles. The van der Waals surface area contributed by atoms with Crippen LogP contribution in [0, 0.1) is 6.92 Å². The van der Waals surface area contributed by atoms with Crippen molar-refractivity contribution in [1.82, 2.24) is 0 Å². The van der Waals surface area contributed by atoms with E-state index >= 15 is 0 Å². The van der Waals surface area contributed by atoms with Gasteiger partial charge in [-0.25, -0.2) is 0 Å². The van der Waals surface area contributed by atoms with E-state index in [2.05, 4.69) is 43.3 Å². The van der Waals surface area contributed by atoms with Crippen LogP contribution < -0.4 is 0 Å². The molecule has 108 valence electrons. The van der Waals surface area contributed by atoms with E-state index in [9.17, 15) is 0 Å². The molecule has 2 aromatic rings. The molecule has 0 aliphatic rings. The molecule has 2 N–H and O–H groups in total. The molecule has 0 heterocycles. The number of aliphatic hydroxyl groups excluding tert-OH is 1. The first-order chi connectivity index (χ1) is 10.2. The van der Waals surface area contributed by atoms with Gasteiger partial charge in [0, 0.05) is 0 Å². The molecule has 0 atom stereocenters. The van der Waals surface area contributed by atoms with Gasteiger partial charge in [0.25, 0.3) is 6.47 Å². The van der Waals surface area contributed by atoms with Crippen molar-refractivity contribution < 1.29 is 15.0 Å². The third-order valence-corrected chi connectivity index (χ3v) is 2.80. The third-order valence-electron chi connectivity index (χ3n) is 2.80. The van der Waals surface area contributed by atoms with Crippen molar-refractivity contribution in [1.29, 1.82) is 0 Å². The maximum Gasteiger partial charge on any atom is 0.290 e. The number of carboxylic acid groups (broad SMARTS) is 1. The predicted octanol–water partition coefficient (Wildman–Crippen LogP) is 4.20. The minimum atomic E-state index is -0.250. The van der Waals surface area contributed by atoms with E-state index < -0.39 is 0 Å². The van der Waals surface area contributed by atoms with Crippen molar-refractivity contribution in [2.45, 2.75) is 6.92 Å². The first-order valence-corrected chi connectivity index (χ1v) is 6.44. The second-order valence-electron chi connectivity index (χ2n) is 4.26. The van der Waals surface area contributed by atoms with Crippen LogP contribution in [0.2, 0.25) is 0 Å². The normalized spacial score (nSPS) is 10.8. The third kappa shape index (κ3) is 5.37. The number of hydrogen-bond donors (Lipinski definition) is 2. The fourth-order valence-corrected chi connectivity index (χ4v) is 1.85. The molecule has 0 amide bonds. The first kappa shape index (κ1) is 16.2. The van der Waals surface area contributed by atoms with Crippen LogP contribution in [-0.2, 0) is 4.79 Å². The monoisotopic (exact) mass is 282 g/mol. The molecular weight excluding hydrogens is 264 g/mol. The fourth-order valence-electron chi connectivity index (χ4n) is 1.85. The van der Waals surface area contributed by atoms with E-state index in [-0.39, 0.29) is 6.47 Å². The zero-order chi connectivity index (χ0) is 15.5. The average molecular weight is 282 g/mol. The summed E-state index contributed by atoms with van der Waals surface area (Å²) in [4.78, 5) is 8.36. The fraction of sp³-hybridized carbons (Fsp3) is 0.0556. The van der Waals surface area contributed by atoms with E-state index in [1.807, 2.05) is 24.3 Å². The second kappa shape index (κ2) is 9.15. The SMILES string of the molecule is Cc1ccc(C(=CC=CO)c2ccccc2)cc1.O=CO. The Morgan fingerprint density at radius 1 is 0.905 bits per heavy atom. The number of aryl methyl sites for hydroxylation is 1. The van der Waals surface area contributed by atoms with Gasteiger partial charge in [-0.2, -0.15) is 0 Å². The average Bonchev–Trinajstić information content (AvgIpc) is 2.51. The van der Waals surface area contributed by atoms with E-state index in [0.717, 1.165) is 23.0 Å². The van der Waals surface area contributed by atoms with Crippen LogP contribution in [0.3, 0.4) is 0 Å². The zero-order valence-electron chi connectivity index (χ0n) is 11.8. The van der Waals surface area contributed by atoms with Gasteiger partial charge in [-0.15, -0.1) is 0 Å². The number of hydrogen-bond acceptors (Lipinski definition) is 2. The van der Waals surface area contributed by atoms with Gasteiger partial charge in [-0.1, -0.05) is 66.2 Å². The van der Waals surface area contributed by atoms with Crippen LogP contribution in [0.25, 0.3) is 5.57 Å². The largest absolute Gasteiger partial charge is 0.516 e. The Labute approximate surface area is 124 Å². The first-order valence-electron chi connectivity index (χ1n) is 6.44. The highest BCUT2D eigenvalue weighted by molar-refractivity contribution is 5.80. The van der Waals surface area contributed by atoms with Gasteiger partial charge in [0.2, 0.25) is 0 Å². The summed E-state index contributed by atoms with van der Waals surface area (Å²) < 4.78 is 0. The number of allylic oxidation sites excluding steroid dienone is 2. The van der Waals surface area contributed by atoms with Crippen LogP contribution in [-0.4, -0.2) is 16.7 Å². The number of carbonyl (C=O) groups is 1. The van der Waals surface area contributed by atoms with Crippen molar-refractivity contribution in [2.24, 2.45) is 0 Å². The Morgan fingerprint density at radius 3 is 1.95 bits per heavy atom. The van der Waals surface area contributed by atoms with Gasteiger partial charge in [-0.05, 0) is 29.7 Å². The van der Waals surface area contributed by atoms with Crippen molar-refractivity contribution >= 4 is 12.0 Å². The van der Waals surface area contributed by atoms with Crippen molar-refractivity contribution in [3.63, 3.8) is 0 Å². The Kier molecular flexibility index (Phi) is 7.08. The lowest BCUT2D eigenvalue weighted by atomic mass is 9.97. The summed E-state index contributed by atoms with van der Waals surface area (Å²) in [5.41, 5.74) is 4.62. The molecule has 0 fully saturated rings. The molecule has 0 radical (unpaired) electrons. The van der Waals surface area contributed by atoms with Gasteiger partial charge < -0.3 is 10.2 Å². The molecule has 0 bridgehead atoms. The molecule has 3 heteroatoms. The number of aliphatic hydroxyl groups is 1. The van der Waals surface area contributed by atoms with Gasteiger partial charge >= 0.3 is 0 Å². The maximum atomic E-state index is 8.83. The Hall–Kier alpha value is -2.81. The predicted molar refractivity (Wildman–Crippen MR) is 85.2 cm³/mol. The van der Waals surface area contributed by atoms with Crippen molar-refractivity contribution in [2.75, 3.05) is 0 Å². The van der Waals surface area contributed by atoms with Crippen LogP contribution >= 0.6 is 0 Å². The number of rotatable bonds is 3. The molecule has 2 rings (SSSR count). The second-order valence-corrected chi connectivity index (χ2v) is 4.26. The molecule has 2 aromatic carbocycles. The highest BCUT2D eigenvalue weighted by atomic mass is 16.3. The molecular formula is C18H18O3. The van der Waals surface area contributed by atoms with Gasteiger partial charge in [-0.3, -0.25) is 4.79 Å². The Balaban J connectivity index is 0.000000677. The summed E-state index contributed by atoms with van der Waals surface area (Å²) >= 11 is 0. The molecule has 0 aromatic heterocycles. The summed E-state index contributed by atoms with van der Waals surface area (Å²) in [5.74, 6) is 0. The van der Waals surface area contributed by atoms with E-state index in [0.29, 0.717) is 0 Å². The van der Waals surface area contributed by atoms with E-state index in [1.165, 1.54) is 5.56 Å². The highest BCUT2D eigenvalue weighted by Gasteiger charge is 2.03. The summed E-state index contributed by atoms with van der Waals surface area (Å²) in [6, 6.07) is 18.5. The van der Waals surface area contributed by atoms with Gasteiger partial charge in [0.15, 0.2) is 0 Å². The summed E-state index contributed by atoms with van der Waals surface area (Å²) in [7, 11) is 0. The minimum Gasteiger partial charge on any atom is -0.516 e. The van der Waals surface area contributed by atoms with E-state index in [4.69, 9.17) is 15.0 Å². The Morgan fingerprint density at radius 2 is 1.43 bits per heavy atom. The lowest BCUT2D eigenvalue weighted by molar-refractivity contribution is -0.122. The quantitative estimate of drug-likeness (QED) is 0.504. The molecule has 0 unspecified atom stereocenters. The molecule has 0 aliphatic heterocycles. The summed E-state index contributed by atoms with van der Waals surface area (Å²) in [6.45, 7) is 1.82. The van der Waals surface area contributed by atoms with Crippen LogP contribution in [0.1, 0.15) is 16.7 Å². The van der Waals surface area contributed by atoms with Crippen LogP contribution in [0.15, 0.2) is 73.0 Å². The summed E-state index contributed by atoms with van der Waals surface area (Å²) in [6.07, 6.45) is 4.61. The van der Waals surface area contributed by atoms with Crippen LogP contribution in [0.5, 0.6) is 0 Å². The lowest BCUT2D eigenvalue weighted by Crippen LogP contribution is -1.87.